The van der Waals surface area contributed by atoms with Crippen LogP contribution in [0.5, 0.6) is 0 Å². The first-order valence-corrected chi connectivity index (χ1v) is 7.83. The molecule has 0 N–H and O–H groups in total. The predicted octanol–water partition coefficient (Wildman–Crippen LogP) is 3.41. The van der Waals surface area contributed by atoms with E-state index in [1.54, 1.807) is 23.9 Å². The molecule has 4 nitrogen and oxygen atoms in total. The first-order chi connectivity index (χ1) is 9.17. The summed E-state index contributed by atoms with van der Waals surface area (Å²) in [5.41, 5.74) is 0.323. The molecule has 0 aliphatic carbocycles. The highest BCUT2D eigenvalue weighted by Gasteiger charge is 2.32. The summed E-state index contributed by atoms with van der Waals surface area (Å²) in [5, 5.41) is 11.0. The number of nitro groups is 1. The van der Waals surface area contributed by atoms with E-state index in [-0.39, 0.29) is 16.0 Å². The largest absolute Gasteiger partial charge is 0.381 e. The lowest BCUT2D eigenvalue weighted by molar-refractivity contribution is -0.387. The minimum atomic E-state index is -0.320. The average Bonchev–Trinajstić information content (AvgIpc) is 2.46. The third kappa shape index (κ3) is 3.64. The molecule has 2 rings (SSSR count). The van der Waals surface area contributed by atoms with Gasteiger partial charge in [-0.15, -0.1) is 11.8 Å². The zero-order chi connectivity index (χ0) is 13.7. The van der Waals surface area contributed by atoms with Crippen LogP contribution in [0.4, 0.5) is 5.69 Å². The highest BCUT2D eigenvalue weighted by atomic mass is 32.2. The number of hydrogen-bond acceptors (Lipinski definition) is 5. The van der Waals surface area contributed by atoms with E-state index < -0.39 is 0 Å². The molecule has 0 unspecified atom stereocenters. The van der Waals surface area contributed by atoms with Gasteiger partial charge >= 0.3 is 0 Å². The van der Waals surface area contributed by atoms with Gasteiger partial charge in [-0.3, -0.25) is 10.1 Å². The molecule has 1 aliphatic rings. The van der Waals surface area contributed by atoms with Gasteiger partial charge in [0.1, 0.15) is 0 Å². The second-order valence-corrected chi connectivity index (χ2v) is 6.12. The highest BCUT2D eigenvalue weighted by molar-refractivity contribution is 7.99. The van der Waals surface area contributed by atoms with Crippen LogP contribution >= 0.6 is 24.4 Å². The fraction of sp³-hybridized carbons (Fsp3) is 0.538. The van der Waals surface area contributed by atoms with Crippen LogP contribution in [0, 0.1) is 15.5 Å². The highest BCUT2D eigenvalue weighted by Crippen LogP contribution is 2.39. The lowest BCUT2D eigenvalue weighted by Crippen LogP contribution is -2.33. The molecule has 0 bridgehead atoms. The van der Waals surface area contributed by atoms with Gasteiger partial charge in [-0.2, -0.15) is 12.6 Å². The molecule has 1 aliphatic heterocycles. The maximum Gasteiger partial charge on any atom is 0.282 e. The predicted molar refractivity (Wildman–Crippen MR) is 80.2 cm³/mol. The third-order valence-corrected chi connectivity index (χ3v) is 5.57. The summed E-state index contributed by atoms with van der Waals surface area (Å²) in [5.74, 6) is 1.65. The number of ether oxygens (including phenoxy) is 1. The van der Waals surface area contributed by atoms with Crippen LogP contribution in [0.25, 0.3) is 0 Å². The van der Waals surface area contributed by atoms with E-state index in [1.165, 1.54) is 0 Å². The van der Waals surface area contributed by atoms with E-state index in [0.717, 1.165) is 42.5 Å². The molecule has 1 heterocycles. The molecule has 19 heavy (non-hydrogen) atoms. The van der Waals surface area contributed by atoms with Crippen LogP contribution in [0.2, 0.25) is 0 Å². The topological polar surface area (TPSA) is 52.4 Å². The Labute approximate surface area is 122 Å². The van der Waals surface area contributed by atoms with Crippen LogP contribution in [-0.4, -0.2) is 29.6 Å². The molecular weight excluding hydrogens is 282 g/mol. The molecule has 0 radical (unpaired) electrons. The van der Waals surface area contributed by atoms with Crippen molar-refractivity contribution in [3.8, 4) is 0 Å². The molecule has 0 amide bonds. The molecule has 0 saturated carbocycles. The number of rotatable bonds is 5. The molecule has 1 aromatic rings. The summed E-state index contributed by atoms with van der Waals surface area (Å²) in [6.45, 7) is 1.52. The molecule has 1 saturated heterocycles. The van der Waals surface area contributed by atoms with E-state index >= 15 is 0 Å². The van der Waals surface area contributed by atoms with E-state index in [1.807, 2.05) is 12.1 Å². The average molecular weight is 299 g/mol. The number of benzene rings is 1. The fourth-order valence-electron chi connectivity index (χ4n) is 2.11. The van der Waals surface area contributed by atoms with E-state index in [2.05, 4.69) is 12.6 Å². The second-order valence-electron chi connectivity index (χ2n) is 4.78. The number of nitro benzene ring substituents is 1. The minimum absolute atomic E-state index is 0.135. The Bertz CT molecular complexity index is 447. The van der Waals surface area contributed by atoms with E-state index in [0.29, 0.717) is 0 Å². The second kappa shape index (κ2) is 6.63. The number of thiol groups is 1. The van der Waals surface area contributed by atoms with Crippen molar-refractivity contribution in [3.63, 3.8) is 0 Å². The van der Waals surface area contributed by atoms with Crippen molar-refractivity contribution in [2.75, 3.05) is 24.7 Å². The fourth-order valence-corrected chi connectivity index (χ4v) is 4.01. The Morgan fingerprint density at radius 1 is 1.37 bits per heavy atom. The zero-order valence-electron chi connectivity index (χ0n) is 10.6. The monoisotopic (exact) mass is 299 g/mol. The van der Waals surface area contributed by atoms with Gasteiger partial charge in [-0.05, 0) is 30.1 Å². The van der Waals surface area contributed by atoms with Gasteiger partial charge in [-0.25, -0.2) is 0 Å². The normalized spacial score (nSPS) is 18.2. The van der Waals surface area contributed by atoms with Crippen LogP contribution in [0.15, 0.2) is 29.2 Å². The van der Waals surface area contributed by atoms with Crippen molar-refractivity contribution >= 4 is 30.1 Å². The molecule has 1 aromatic carbocycles. The Balaban J connectivity index is 2.07. The third-order valence-electron chi connectivity index (χ3n) is 3.48. The summed E-state index contributed by atoms with van der Waals surface area (Å²) in [6.07, 6.45) is 1.95. The molecule has 0 aromatic heterocycles. The Kier molecular flexibility index (Phi) is 5.13. The molecule has 1 fully saturated rings. The zero-order valence-corrected chi connectivity index (χ0v) is 12.3. The van der Waals surface area contributed by atoms with Crippen molar-refractivity contribution in [3.05, 3.63) is 34.4 Å². The molecular formula is C13H17NO3S2. The smallest absolute Gasteiger partial charge is 0.282 e. The molecule has 104 valence electrons. The molecule has 0 spiro atoms. The number of hydrogen-bond donors (Lipinski definition) is 1. The SMILES string of the molecule is O=[N+]([O-])c1ccccc1SCC1(CS)CCOCC1. The van der Waals surface area contributed by atoms with Crippen molar-refractivity contribution in [1.82, 2.24) is 0 Å². The van der Waals surface area contributed by atoms with Crippen LogP contribution in [-0.2, 0) is 4.74 Å². The Morgan fingerprint density at radius 2 is 2.05 bits per heavy atom. The first kappa shape index (κ1) is 14.7. The van der Waals surface area contributed by atoms with Gasteiger partial charge in [0.15, 0.2) is 0 Å². The van der Waals surface area contributed by atoms with E-state index in [9.17, 15) is 10.1 Å². The maximum atomic E-state index is 11.0. The lowest BCUT2D eigenvalue weighted by atomic mass is 9.84. The van der Waals surface area contributed by atoms with Gasteiger partial charge < -0.3 is 4.74 Å². The Morgan fingerprint density at radius 3 is 2.68 bits per heavy atom. The number of nitrogens with zero attached hydrogens (tertiary/aromatic N) is 1. The summed E-state index contributed by atoms with van der Waals surface area (Å²) in [6, 6.07) is 6.91. The van der Waals surface area contributed by atoms with E-state index in [4.69, 9.17) is 4.74 Å². The molecule has 6 heteroatoms. The molecule has 0 atom stereocenters. The van der Waals surface area contributed by atoms with Gasteiger partial charge in [0.25, 0.3) is 5.69 Å². The summed E-state index contributed by atoms with van der Waals surface area (Å²) < 4.78 is 5.39. The summed E-state index contributed by atoms with van der Waals surface area (Å²) in [4.78, 5) is 11.4. The Hall–Kier alpha value is -0.720. The van der Waals surface area contributed by atoms with Crippen molar-refractivity contribution in [2.24, 2.45) is 5.41 Å². The summed E-state index contributed by atoms with van der Waals surface area (Å²) >= 11 is 6.02. The lowest BCUT2D eigenvalue weighted by Gasteiger charge is -2.35. The number of thioether (sulfide) groups is 1. The van der Waals surface area contributed by atoms with Gasteiger partial charge in [0.05, 0.1) is 9.82 Å². The quantitative estimate of drug-likeness (QED) is 0.392. The van der Waals surface area contributed by atoms with Crippen molar-refractivity contribution in [1.29, 1.82) is 0 Å². The number of para-hydroxylation sites is 1. The van der Waals surface area contributed by atoms with Crippen molar-refractivity contribution < 1.29 is 9.66 Å². The van der Waals surface area contributed by atoms with Crippen LogP contribution in [0.3, 0.4) is 0 Å². The van der Waals surface area contributed by atoms with Gasteiger partial charge in [0.2, 0.25) is 0 Å². The van der Waals surface area contributed by atoms with Gasteiger partial charge in [-0.1, -0.05) is 12.1 Å². The minimum Gasteiger partial charge on any atom is -0.381 e. The van der Waals surface area contributed by atoms with Gasteiger partial charge in [0, 0.05) is 25.0 Å². The summed E-state index contributed by atoms with van der Waals surface area (Å²) in [7, 11) is 0. The standard InChI is InChI=1S/C13H17NO3S2/c15-14(16)11-3-1-2-4-12(11)19-10-13(9-18)5-7-17-8-6-13/h1-4,18H,5-10H2. The maximum absolute atomic E-state index is 11.0. The van der Waals surface area contributed by atoms with Crippen molar-refractivity contribution in [2.45, 2.75) is 17.7 Å². The van der Waals surface area contributed by atoms with Crippen LogP contribution < -0.4 is 0 Å². The van der Waals surface area contributed by atoms with Crippen LogP contribution in [0.1, 0.15) is 12.8 Å². The first-order valence-electron chi connectivity index (χ1n) is 6.22.